The summed E-state index contributed by atoms with van der Waals surface area (Å²) in [5, 5.41) is 0. The average Bonchev–Trinajstić information content (AvgIpc) is 2.95. The van der Waals surface area contributed by atoms with Crippen LogP contribution in [-0.2, 0) is 23.0 Å². The molecule has 0 aromatic carbocycles. The molecule has 3 heterocycles. The number of nitrogens with zero attached hydrogens (tertiary/aromatic N) is 2. The minimum atomic E-state index is -3.02. The third kappa shape index (κ3) is 3.07. The highest BCUT2D eigenvalue weighted by atomic mass is 32.2. The lowest BCUT2D eigenvalue weighted by atomic mass is 10.1. The van der Waals surface area contributed by atoms with Gasteiger partial charge in [0.15, 0.2) is 0 Å². The molecule has 20 heavy (non-hydrogen) atoms. The van der Waals surface area contributed by atoms with Gasteiger partial charge in [-0.15, -0.1) is 0 Å². The molecule has 2 aliphatic heterocycles. The topological polar surface area (TPSA) is 53.8 Å². The Bertz CT molecular complexity index is 567. The standard InChI is InChI=1S/C14H22N2O3S/c1-20(17,18)16-7-4-12(10-16)9-15-6-2-3-14-13(11-15)5-8-19-14/h5,8,12H,2-4,6-7,9-11H2,1H3. The van der Waals surface area contributed by atoms with Gasteiger partial charge >= 0.3 is 0 Å². The van der Waals surface area contributed by atoms with Crippen LogP contribution in [0.3, 0.4) is 0 Å². The fourth-order valence-electron chi connectivity index (χ4n) is 3.28. The highest BCUT2D eigenvalue weighted by Gasteiger charge is 2.30. The van der Waals surface area contributed by atoms with Crippen molar-refractivity contribution in [1.82, 2.24) is 9.21 Å². The molecule has 0 radical (unpaired) electrons. The number of sulfonamides is 1. The van der Waals surface area contributed by atoms with E-state index in [0.717, 1.165) is 44.7 Å². The smallest absolute Gasteiger partial charge is 0.211 e. The Hall–Kier alpha value is -0.850. The molecular formula is C14H22N2O3S. The third-order valence-corrected chi connectivity index (χ3v) is 5.61. The summed E-state index contributed by atoms with van der Waals surface area (Å²) in [6, 6.07) is 2.06. The Labute approximate surface area is 120 Å². The van der Waals surface area contributed by atoms with E-state index in [9.17, 15) is 8.42 Å². The molecule has 5 nitrogen and oxygen atoms in total. The maximum atomic E-state index is 11.6. The third-order valence-electron chi connectivity index (χ3n) is 4.34. The van der Waals surface area contributed by atoms with Crippen molar-refractivity contribution in [2.45, 2.75) is 25.8 Å². The Morgan fingerprint density at radius 1 is 1.40 bits per heavy atom. The first-order chi connectivity index (χ1) is 9.52. The van der Waals surface area contributed by atoms with E-state index in [1.165, 1.54) is 11.8 Å². The lowest BCUT2D eigenvalue weighted by molar-refractivity contribution is 0.229. The largest absolute Gasteiger partial charge is 0.469 e. The zero-order valence-electron chi connectivity index (χ0n) is 11.9. The number of furan rings is 1. The van der Waals surface area contributed by atoms with Crippen LogP contribution in [0, 0.1) is 5.92 Å². The Kier molecular flexibility index (Phi) is 3.88. The van der Waals surface area contributed by atoms with Gasteiger partial charge in [0.25, 0.3) is 0 Å². The van der Waals surface area contributed by atoms with E-state index < -0.39 is 10.0 Å². The number of fused-ring (bicyclic) bond motifs is 1. The molecule has 1 fully saturated rings. The zero-order valence-corrected chi connectivity index (χ0v) is 12.7. The summed E-state index contributed by atoms with van der Waals surface area (Å²) in [5.41, 5.74) is 1.29. The van der Waals surface area contributed by atoms with E-state index in [1.54, 1.807) is 10.6 Å². The van der Waals surface area contributed by atoms with Crippen molar-refractivity contribution in [3.8, 4) is 0 Å². The lowest BCUT2D eigenvalue weighted by Crippen LogP contribution is -2.32. The molecule has 112 valence electrons. The first kappa shape index (κ1) is 14.1. The Morgan fingerprint density at radius 2 is 2.25 bits per heavy atom. The van der Waals surface area contributed by atoms with E-state index >= 15 is 0 Å². The van der Waals surface area contributed by atoms with Crippen LogP contribution in [0.1, 0.15) is 24.2 Å². The minimum Gasteiger partial charge on any atom is -0.469 e. The van der Waals surface area contributed by atoms with Gasteiger partial charge in [0.2, 0.25) is 10.0 Å². The summed E-state index contributed by atoms with van der Waals surface area (Å²) in [7, 11) is -3.02. The second kappa shape index (κ2) is 5.50. The van der Waals surface area contributed by atoms with Crippen molar-refractivity contribution >= 4 is 10.0 Å². The number of rotatable bonds is 3. The molecular weight excluding hydrogens is 276 g/mol. The van der Waals surface area contributed by atoms with Gasteiger partial charge in [-0.05, 0) is 31.4 Å². The highest BCUT2D eigenvalue weighted by molar-refractivity contribution is 7.88. The van der Waals surface area contributed by atoms with Crippen LogP contribution in [0.2, 0.25) is 0 Å². The predicted molar refractivity (Wildman–Crippen MR) is 76.8 cm³/mol. The van der Waals surface area contributed by atoms with E-state index in [2.05, 4.69) is 11.0 Å². The zero-order chi connectivity index (χ0) is 14.2. The van der Waals surface area contributed by atoms with Crippen molar-refractivity contribution in [2.24, 2.45) is 5.92 Å². The summed E-state index contributed by atoms with van der Waals surface area (Å²) >= 11 is 0. The first-order valence-corrected chi connectivity index (χ1v) is 9.10. The Morgan fingerprint density at radius 3 is 3.00 bits per heavy atom. The number of aryl methyl sites for hydroxylation is 1. The molecule has 0 spiro atoms. The predicted octanol–water partition coefficient (Wildman–Crippen LogP) is 1.31. The van der Waals surface area contributed by atoms with Crippen LogP contribution in [0.4, 0.5) is 0 Å². The molecule has 6 heteroatoms. The van der Waals surface area contributed by atoms with Crippen LogP contribution < -0.4 is 0 Å². The fraction of sp³-hybridized carbons (Fsp3) is 0.714. The van der Waals surface area contributed by atoms with Gasteiger partial charge < -0.3 is 4.42 Å². The highest BCUT2D eigenvalue weighted by Crippen LogP contribution is 2.24. The van der Waals surface area contributed by atoms with Crippen LogP contribution in [0.15, 0.2) is 16.7 Å². The van der Waals surface area contributed by atoms with E-state index in [-0.39, 0.29) is 0 Å². The normalized spacial score (nSPS) is 25.6. The Balaban J connectivity index is 1.59. The molecule has 0 N–H and O–H groups in total. The molecule has 0 bridgehead atoms. The molecule has 1 unspecified atom stereocenters. The van der Waals surface area contributed by atoms with Crippen molar-refractivity contribution in [3.63, 3.8) is 0 Å². The molecule has 1 atom stereocenters. The molecule has 0 saturated carbocycles. The number of hydrogen-bond donors (Lipinski definition) is 0. The molecule has 1 saturated heterocycles. The molecule has 0 aliphatic carbocycles. The quantitative estimate of drug-likeness (QED) is 0.844. The van der Waals surface area contributed by atoms with Crippen molar-refractivity contribution in [2.75, 3.05) is 32.4 Å². The van der Waals surface area contributed by atoms with Crippen LogP contribution in [0.25, 0.3) is 0 Å². The lowest BCUT2D eigenvalue weighted by Gasteiger charge is -2.23. The average molecular weight is 298 g/mol. The fourth-order valence-corrected chi connectivity index (χ4v) is 4.20. The second-order valence-corrected chi connectivity index (χ2v) is 7.97. The van der Waals surface area contributed by atoms with Gasteiger partial charge in [-0.1, -0.05) is 0 Å². The van der Waals surface area contributed by atoms with Crippen molar-refractivity contribution in [3.05, 3.63) is 23.7 Å². The van der Waals surface area contributed by atoms with E-state index in [0.29, 0.717) is 19.0 Å². The van der Waals surface area contributed by atoms with E-state index in [1.807, 2.05) is 0 Å². The SMILES string of the molecule is CS(=O)(=O)N1CCC(CN2CCCc3occc3C2)C1. The van der Waals surface area contributed by atoms with Crippen molar-refractivity contribution in [1.29, 1.82) is 0 Å². The molecule has 0 amide bonds. The number of hydrogen-bond acceptors (Lipinski definition) is 4. The van der Waals surface area contributed by atoms with E-state index in [4.69, 9.17) is 4.42 Å². The summed E-state index contributed by atoms with van der Waals surface area (Å²) in [6.07, 6.45) is 6.18. The monoisotopic (exact) mass is 298 g/mol. The van der Waals surface area contributed by atoms with Gasteiger partial charge in [-0.25, -0.2) is 12.7 Å². The molecule has 3 rings (SSSR count). The van der Waals surface area contributed by atoms with Gasteiger partial charge in [-0.2, -0.15) is 0 Å². The van der Waals surface area contributed by atoms with Gasteiger partial charge in [0, 0.05) is 38.2 Å². The van der Waals surface area contributed by atoms with Gasteiger partial charge in [0.05, 0.1) is 12.5 Å². The maximum absolute atomic E-state index is 11.6. The first-order valence-electron chi connectivity index (χ1n) is 7.25. The van der Waals surface area contributed by atoms with Crippen LogP contribution >= 0.6 is 0 Å². The summed E-state index contributed by atoms with van der Waals surface area (Å²) in [6.45, 7) is 4.33. The van der Waals surface area contributed by atoms with Crippen LogP contribution in [0.5, 0.6) is 0 Å². The summed E-state index contributed by atoms with van der Waals surface area (Å²) < 4.78 is 30.2. The van der Waals surface area contributed by atoms with Crippen LogP contribution in [-0.4, -0.2) is 50.1 Å². The minimum absolute atomic E-state index is 0.457. The van der Waals surface area contributed by atoms with Crippen molar-refractivity contribution < 1.29 is 12.8 Å². The van der Waals surface area contributed by atoms with Gasteiger partial charge in [-0.3, -0.25) is 4.90 Å². The second-order valence-electron chi connectivity index (χ2n) is 5.98. The maximum Gasteiger partial charge on any atom is 0.211 e. The van der Waals surface area contributed by atoms with Gasteiger partial charge in [0.1, 0.15) is 5.76 Å². The summed E-state index contributed by atoms with van der Waals surface area (Å²) in [4.78, 5) is 2.44. The molecule has 1 aromatic rings. The summed E-state index contributed by atoms with van der Waals surface area (Å²) in [5.74, 6) is 1.58. The molecule has 1 aromatic heterocycles. The molecule has 2 aliphatic rings.